The molecule has 0 aliphatic rings. The van der Waals surface area contributed by atoms with Gasteiger partial charge in [-0.3, -0.25) is 4.79 Å². The number of nitrogens with zero attached hydrogens (tertiary/aromatic N) is 2. The van der Waals surface area contributed by atoms with Gasteiger partial charge in [-0.05, 0) is 47.5 Å². The molecule has 2 aromatic rings. The number of aryl methyl sites for hydroxylation is 1. The molecule has 0 spiro atoms. The second-order valence-corrected chi connectivity index (χ2v) is 5.87. The zero-order valence-electron chi connectivity index (χ0n) is 10.3. The van der Waals surface area contributed by atoms with Gasteiger partial charge in [0.05, 0.1) is 11.1 Å². The first-order valence-corrected chi connectivity index (χ1v) is 7.07. The smallest absolute Gasteiger partial charge is 0.259 e. The van der Waals surface area contributed by atoms with Crippen molar-refractivity contribution in [3.05, 3.63) is 44.5 Å². The van der Waals surface area contributed by atoms with Gasteiger partial charge in [0.25, 0.3) is 5.91 Å². The number of aromatic nitrogens is 1. The molecule has 0 saturated carbocycles. The molecule has 0 bridgehead atoms. The highest BCUT2D eigenvalue weighted by atomic mass is 79.9. The van der Waals surface area contributed by atoms with Crippen LogP contribution in [0.2, 0.25) is 0 Å². The molecule has 1 N–H and O–H groups in total. The van der Waals surface area contributed by atoms with E-state index in [1.165, 1.54) is 11.3 Å². The predicted molar refractivity (Wildman–Crippen MR) is 78.4 cm³/mol. The lowest BCUT2D eigenvalue weighted by molar-refractivity contribution is 0.102. The van der Waals surface area contributed by atoms with E-state index in [2.05, 4.69) is 32.3 Å². The van der Waals surface area contributed by atoms with Crippen molar-refractivity contribution in [3.8, 4) is 6.07 Å². The Kier molecular flexibility index (Phi) is 3.98. The molecule has 2 aromatic heterocycles. The Hall–Kier alpha value is -1.71. The Bertz CT molecular complexity index is 688. The number of pyridine rings is 1. The highest BCUT2D eigenvalue weighted by molar-refractivity contribution is 9.10. The van der Waals surface area contributed by atoms with E-state index >= 15 is 0 Å². The molecule has 0 unspecified atom stereocenters. The second kappa shape index (κ2) is 5.51. The van der Waals surface area contributed by atoms with Crippen molar-refractivity contribution in [1.82, 2.24) is 4.98 Å². The van der Waals surface area contributed by atoms with E-state index in [1.807, 2.05) is 13.8 Å². The van der Waals surface area contributed by atoms with Crippen LogP contribution in [0.1, 0.15) is 26.4 Å². The molecule has 0 atom stereocenters. The quantitative estimate of drug-likeness (QED) is 0.852. The molecule has 0 saturated heterocycles. The molecule has 0 radical (unpaired) electrons. The Morgan fingerprint density at radius 2 is 2.26 bits per heavy atom. The first kappa shape index (κ1) is 13.7. The van der Waals surface area contributed by atoms with Crippen LogP contribution >= 0.6 is 27.3 Å². The van der Waals surface area contributed by atoms with Gasteiger partial charge in [-0.2, -0.15) is 5.26 Å². The van der Waals surface area contributed by atoms with Crippen LogP contribution in [-0.4, -0.2) is 10.9 Å². The maximum absolute atomic E-state index is 12.1. The third-order valence-corrected chi connectivity index (χ3v) is 4.48. The van der Waals surface area contributed by atoms with Gasteiger partial charge in [0, 0.05) is 11.1 Å². The summed E-state index contributed by atoms with van der Waals surface area (Å²) in [4.78, 5) is 17.2. The molecule has 19 heavy (non-hydrogen) atoms. The van der Waals surface area contributed by atoms with E-state index in [-0.39, 0.29) is 5.91 Å². The Morgan fingerprint density at radius 3 is 2.89 bits per heavy atom. The van der Waals surface area contributed by atoms with Gasteiger partial charge in [-0.1, -0.05) is 0 Å². The molecule has 0 aliphatic heterocycles. The normalized spacial score (nSPS) is 10.0. The maximum Gasteiger partial charge on any atom is 0.259 e. The number of carbonyl (C=O) groups excluding carboxylic acids is 1. The van der Waals surface area contributed by atoms with Crippen LogP contribution in [0.3, 0.4) is 0 Å². The van der Waals surface area contributed by atoms with Crippen LogP contribution in [0.4, 0.5) is 5.00 Å². The Labute approximate surface area is 123 Å². The van der Waals surface area contributed by atoms with E-state index in [4.69, 9.17) is 5.26 Å². The lowest BCUT2D eigenvalue weighted by Crippen LogP contribution is -2.12. The van der Waals surface area contributed by atoms with Crippen molar-refractivity contribution in [1.29, 1.82) is 5.26 Å². The zero-order chi connectivity index (χ0) is 14.0. The van der Waals surface area contributed by atoms with Crippen LogP contribution in [0.25, 0.3) is 0 Å². The van der Waals surface area contributed by atoms with Crippen LogP contribution in [0.5, 0.6) is 0 Å². The lowest BCUT2D eigenvalue weighted by atomic mass is 10.2. The molecule has 0 fully saturated rings. The number of hydrogen-bond donors (Lipinski definition) is 1. The molecule has 0 aliphatic carbocycles. The monoisotopic (exact) mass is 335 g/mol. The van der Waals surface area contributed by atoms with Crippen LogP contribution in [0.15, 0.2) is 22.9 Å². The van der Waals surface area contributed by atoms with Crippen molar-refractivity contribution >= 4 is 38.2 Å². The number of nitriles is 1. The fraction of sp³-hybridized carbons (Fsp3) is 0.154. The summed E-state index contributed by atoms with van der Waals surface area (Å²) in [7, 11) is 0. The van der Waals surface area contributed by atoms with Crippen molar-refractivity contribution in [2.24, 2.45) is 0 Å². The number of amides is 1. The number of rotatable bonds is 2. The first-order valence-electron chi connectivity index (χ1n) is 5.46. The zero-order valence-corrected chi connectivity index (χ0v) is 12.7. The van der Waals surface area contributed by atoms with Crippen LogP contribution in [-0.2, 0) is 0 Å². The molecular formula is C13H10BrN3OS. The molecule has 0 aromatic carbocycles. The molecule has 6 heteroatoms. The summed E-state index contributed by atoms with van der Waals surface area (Å²) < 4.78 is 0.482. The summed E-state index contributed by atoms with van der Waals surface area (Å²) in [6.07, 6.45) is 1.60. The molecule has 2 rings (SSSR count). The fourth-order valence-corrected chi connectivity index (χ4v) is 3.01. The van der Waals surface area contributed by atoms with Crippen molar-refractivity contribution < 1.29 is 4.79 Å². The standard InChI is InChI=1S/C13H10BrN3OS/c1-7-8(2)19-13(10(7)6-15)17-12(18)9-4-3-5-16-11(9)14/h3-5H,1-2H3,(H,17,18). The summed E-state index contributed by atoms with van der Waals surface area (Å²) in [6.45, 7) is 3.80. The molecule has 96 valence electrons. The van der Waals surface area contributed by atoms with E-state index in [1.54, 1.807) is 18.3 Å². The summed E-state index contributed by atoms with van der Waals surface area (Å²) in [6, 6.07) is 5.49. The predicted octanol–water partition coefficient (Wildman–Crippen LogP) is 3.65. The van der Waals surface area contributed by atoms with Crippen LogP contribution < -0.4 is 5.32 Å². The van der Waals surface area contributed by atoms with Gasteiger partial charge in [0.2, 0.25) is 0 Å². The number of thiophene rings is 1. The van der Waals surface area contributed by atoms with E-state index in [0.717, 1.165) is 10.4 Å². The van der Waals surface area contributed by atoms with Crippen molar-refractivity contribution in [3.63, 3.8) is 0 Å². The largest absolute Gasteiger partial charge is 0.312 e. The lowest BCUT2D eigenvalue weighted by Gasteiger charge is -2.04. The van der Waals surface area contributed by atoms with Gasteiger partial charge >= 0.3 is 0 Å². The number of hydrogen-bond acceptors (Lipinski definition) is 4. The summed E-state index contributed by atoms with van der Waals surface area (Å²) in [5, 5.41) is 12.5. The van der Waals surface area contributed by atoms with Gasteiger partial charge in [-0.15, -0.1) is 11.3 Å². The van der Waals surface area contributed by atoms with E-state index < -0.39 is 0 Å². The average Bonchev–Trinajstić information content (AvgIpc) is 2.64. The maximum atomic E-state index is 12.1. The van der Waals surface area contributed by atoms with Gasteiger partial charge in [0.15, 0.2) is 0 Å². The molecule has 4 nitrogen and oxygen atoms in total. The Balaban J connectivity index is 2.33. The Morgan fingerprint density at radius 1 is 1.53 bits per heavy atom. The molecule has 1 amide bonds. The topological polar surface area (TPSA) is 65.8 Å². The minimum absolute atomic E-state index is 0.280. The summed E-state index contributed by atoms with van der Waals surface area (Å²) in [5.74, 6) is -0.280. The molecular weight excluding hydrogens is 326 g/mol. The summed E-state index contributed by atoms with van der Waals surface area (Å²) >= 11 is 4.64. The minimum Gasteiger partial charge on any atom is -0.312 e. The van der Waals surface area contributed by atoms with Gasteiger partial charge < -0.3 is 5.32 Å². The SMILES string of the molecule is Cc1sc(NC(=O)c2cccnc2Br)c(C#N)c1C. The third-order valence-electron chi connectivity index (χ3n) is 2.73. The number of halogens is 1. The second-order valence-electron chi connectivity index (χ2n) is 3.90. The first-order chi connectivity index (χ1) is 9.04. The average molecular weight is 336 g/mol. The van der Waals surface area contributed by atoms with Crippen molar-refractivity contribution in [2.75, 3.05) is 5.32 Å². The fourth-order valence-electron chi connectivity index (χ4n) is 1.58. The highest BCUT2D eigenvalue weighted by Gasteiger charge is 2.17. The van der Waals surface area contributed by atoms with E-state index in [0.29, 0.717) is 20.7 Å². The highest BCUT2D eigenvalue weighted by Crippen LogP contribution is 2.32. The van der Waals surface area contributed by atoms with Crippen molar-refractivity contribution in [2.45, 2.75) is 13.8 Å². The van der Waals surface area contributed by atoms with Gasteiger partial charge in [-0.25, -0.2) is 4.98 Å². The summed E-state index contributed by atoms with van der Waals surface area (Å²) in [5.41, 5.74) is 1.87. The number of nitrogens with one attached hydrogen (secondary N) is 1. The minimum atomic E-state index is -0.280. The third kappa shape index (κ3) is 2.67. The van der Waals surface area contributed by atoms with Crippen LogP contribution in [0, 0.1) is 25.2 Å². The van der Waals surface area contributed by atoms with Gasteiger partial charge in [0.1, 0.15) is 15.7 Å². The number of anilines is 1. The number of carbonyl (C=O) groups is 1. The molecule has 2 heterocycles. The van der Waals surface area contributed by atoms with E-state index in [9.17, 15) is 4.79 Å².